The summed E-state index contributed by atoms with van der Waals surface area (Å²) in [5.41, 5.74) is -0.391. The predicted molar refractivity (Wildman–Crippen MR) is 58.2 cm³/mol. The highest BCUT2D eigenvalue weighted by molar-refractivity contribution is 5.75. The molecule has 1 N–H and O–H groups in total. The van der Waals surface area contributed by atoms with Crippen LogP contribution >= 0.6 is 0 Å². The van der Waals surface area contributed by atoms with Crippen LogP contribution in [0.1, 0.15) is 47.5 Å². The molecule has 3 nitrogen and oxygen atoms in total. The molecule has 0 saturated heterocycles. The molecule has 3 heteroatoms. The van der Waals surface area contributed by atoms with Crippen molar-refractivity contribution < 1.29 is 9.53 Å². The molecule has 0 aromatic heterocycles. The monoisotopic (exact) mass is 201 g/mol. The molecular formula is C11H23NO2. The van der Waals surface area contributed by atoms with Crippen molar-refractivity contribution in [3.63, 3.8) is 0 Å². The zero-order valence-electron chi connectivity index (χ0n) is 10.0. The first kappa shape index (κ1) is 13.4. The highest BCUT2D eigenvalue weighted by atomic mass is 16.6. The summed E-state index contributed by atoms with van der Waals surface area (Å²) >= 11 is 0. The lowest BCUT2D eigenvalue weighted by atomic mass is 10.2. The van der Waals surface area contributed by atoms with Crippen LogP contribution in [0.5, 0.6) is 0 Å². The molecule has 0 radical (unpaired) electrons. The molecule has 1 atom stereocenters. The molecule has 0 rings (SSSR count). The minimum atomic E-state index is -0.391. The van der Waals surface area contributed by atoms with Gasteiger partial charge in [-0.05, 0) is 40.7 Å². The van der Waals surface area contributed by atoms with Gasteiger partial charge in [0, 0.05) is 0 Å². The van der Waals surface area contributed by atoms with Crippen LogP contribution in [0, 0.1) is 0 Å². The number of nitrogens with one attached hydrogen (secondary N) is 1. The van der Waals surface area contributed by atoms with Crippen LogP contribution in [0.4, 0.5) is 0 Å². The fraction of sp³-hybridized carbons (Fsp3) is 0.909. The summed E-state index contributed by atoms with van der Waals surface area (Å²) in [6.45, 7) is 10.5. The van der Waals surface area contributed by atoms with Gasteiger partial charge >= 0.3 is 5.97 Å². The maximum Gasteiger partial charge on any atom is 0.323 e. The Morgan fingerprint density at radius 2 is 2.00 bits per heavy atom. The molecule has 0 heterocycles. The molecular weight excluding hydrogens is 178 g/mol. The lowest BCUT2D eigenvalue weighted by molar-refractivity contribution is -0.156. The van der Waals surface area contributed by atoms with Crippen LogP contribution in [-0.2, 0) is 9.53 Å². The van der Waals surface area contributed by atoms with Crippen LogP contribution in [0.15, 0.2) is 0 Å². The summed E-state index contributed by atoms with van der Waals surface area (Å²) in [6.07, 6.45) is 2.22. The molecule has 0 saturated carbocycles. The van der Waals surface area contributed by atoms with Gasteiger partial charge in [-0.2, -0.15) is 0 Å². The van der Waals surface area contributed by atoms with Crippen molar-refractivity contribution >= 4 is 5.97 Å². The summed E-state index contributed by atoms with van der Waals surface area (Å²) < 4.78 is 5.23. The zero-order valence-corrected chi connectivity index (χ0v) is 10.0. The van der Waals surface area contributed by atoms with E-state index in [2.05, 4.69) is 12.2 Å². The molecule has 0 spiro atoms. The summed E-state index contributed by atoms with van der Waals surface area (Å²) in [7, 11) is 0. The quantitative estimate of drug-likeness (QED) is 0.547. The van der Waals surface area contributed by atoms with Crippen molar-refractivity contribution in [2.24, 2.45) is 0 Å². The van der Waals surface area contributed by atoms with Gasteiger partial charge in [0.15, 0.2) is 0 Å². The Morgan fingerprint density at radius 3 is 2.43 bits per heavy atom. The molecule has 84 valence electrons. The van der Waals surface area contributed by atoms with Crippen molar-refractivity contribution in [2.75, 3.05) is 6.54 Å². The van der Waals surface area contributed by atoms with E-state index >= 15 is 0 Å². The Balaban J connectivity index is 3.77. The molecule has 0 aromatic carbocycles. The Hall–Kier alpha value is -0.570. The van der Waals surface area contributed by atoms with Crippen LogP contribution in [0.25, 0.3) is 0 Å². The van der Waals surface area contributed by atoms with E-state index in [1.54, 1.807) is 0 Å². The first-order valence-electron chi connectivity index (χ1n) is 5.33. The van der Waals surface area contributed by atoms with Crippen LogP contribution in [0.2, 0.25) is 0 Å². The van der Waals surface area contributed by atoms with E-state index in [0.717, 1.165) is 19.4 Å². The molecule has 0 aromatic rings. The number of unbranched alkanes of at least 4 members (excludes halogenated alkanes) is 1. The van der Waals surface area contributed by atoms with E-state index in [4.69, 9.17) is 4.74 Å². The number of ether oxygens (including phenoxy) is 1. The van der Waals surface area contributed by atoms with Gasteiger partial charge in [0.2, 0.25) is 0 Å². The zero-order chi connectivity index (χ0) is 11.2. The van der Waals surface area contributed by atoms with E-state index in [-0.39, 0.29) is 12.0 Å². The minimum absolute atomic E-state index is 0.173. The maximum absolute atomic E-state index is 11.5. The minimum Gasteiger partial charge on any atom is -0.459 e. The standard InChI is InChI=1S/C11H23NO2/c1-6-7-8-12-9(2)10(13)14-11(3,4)5/h9,12H,6-8H2,1-5H3. The number of rotatable bonds is 5. The second-order valence-electron chi connectivity index (χ2n) is 4.56. The van der Waals surface area contributed by atoms with Crippen LogP contribution in [-0.4, -0.2) is 24.2 Å². The van der Waals surface area contributed by atoms with Gasteiger partial charge in [-0.25, -0.2) is 0 Å². The fourth-order valence-electron chi connectivity index (χ4n) is 0.969. The third kappa shape index (κ3) is 6.89. The van der Waals surface area contributed by atoms with Gasteiger partial charge in [0.25, 0.3) is 0 Å². The van der Waals surface area contributed by atoms with E-state index in [0.29, 0.717) is 0 Å². The Labute approximate surface area is 87.2 Å². The summed E-state index contributed by atoms with van der Waals surface area (Å²) in [5, 5.41) is 3.13. The average molecular weight is 201 g/mol. The summed E-state index contributed by atoms with van der Waals surface area (Å²) in [6, 6.07) is -0.208. The average Bonchev–Trinajstić information content (AvgIpc) is 2.01. The highest BCUT2D eigenvalue weighted by Gasteiger charge is 2.20. The molecule has 0 aliphatic rings. The smallest absolute Gasteiger partial charge is 0.323 e. The van der Waals surface area contributed by atoms with E-state index in [1.807, 2.05) is 27.7 Å². The molecule has 0 bridgehead atoms. The Bertz CT molecular complexity index is 173. The Kier molecular flexibility index (Phi) is 5.77. The predicted octanol–water partition coefficient (Wildman–Crippen LogP) is 2.11. The molecule has 0 fully saturated rings. The van der Waals surface area contributed by atoms with Crippen molar-refractivity contribution in [2.45, 2.75) is 59.1 Å². The van der Waals surface area contributed by atoms with Gasteiger partial charge in [0.05, 0.1) is 0 Å². The first-order valence-corrected chi connectivity index (χ1v) is 5.33. The van der Waals surface area contributed by atoms with Gasteiger partial charge in [-0.1, -0.05) is 13.3 Å². The molecule has 1 unspecified atom stereocenters. The second-order valence-corrected chi connectivity index (χ2v) is 4.56. The maximum atomic E-state index is 11.5. The highest BCUT2D eigenvalue weighted by Crippen LogP contribution is 2.08. The van der Waals surface area contributed by atoms with E-state index < -0.39 is 5.60 Å². The molecule has 0 aliphatic heterocycles. The van der Waals surface area contributed by atoms with Crippen molar-refractivity contribution in [3.05, 3.63) is 0 Å². The third-order valence-corrected chi connectivity index (χ3v) is 1.74. The van der Waals surface area contributed by atoms with Gasteiger partial charge in [-0.3, -0.25) is 4.79 Å². The van der Waals surface area contributed by atoms with Crippen molar-refractivity contribution in [1.82, 2.24) is 5.32 Å². The lowest BCUT2D eigenvalue weighted by Crippen LogP contribution is -2.39. The van der Waals surface area contributed by atoms with E-state index in [1.165, 1.54) is 0 Å². The first-order chi connectivity index (χ1) is 6.37. The topological polar surface area (TPSA) is 38.3 Å². The van der Waals surface area contributed by atoms with E-state index in [9.17, 15) is 4.79 Å². The normalized spacial score (nSPS) is 13.8. The summed E-state index contributed by atoms with van der Waals surface area (Å²) in [5.74, 6) is -0.173. The van der Waals surface area contributed by atoms with Crippen molar-refractivity contribution in [3.8, 4) is 0 Å². The van der Waals surface area contributed by atoms with Crippen LogP contribution in [0.3, 0.4) is 0 Å². The van der Waals surface area contributed by atoms with Gasteiger partial charge in [0.1, 0.15) is 11.6 Å². The van der Waals surface area contributed by atoms with Gasteiger partial charge in [-0.15, -0.1) is 0 Å². The lowest BCUT2D eigenvalue weighted by Gasteiger charge is -2.22. The summed E-state index contributed by atoms with van der Waals surface area (Å²) in [4.78, 5) is 11.5. The number of carbonyl (C=O) groups excluding carboxylic acids is 1. The Morgan fingerprint density at radius 1 is 1.43 bits per heavy atom. The number of carbonyl (C=O) groups is 1. The van der Waals surface area contributed by atoms with Gasteiger partial charge < -0.3 is 10.1 Å². The number of hydrogen-bond acceptors (Lipinski definition) is 3. The molecule has 0 amide bonds. The molecule has 0 aliphatic carbocycles. The fourth-order valence-corrected chi connectivity index (χ4v) is 0.969. The SMILES string of the molecule is CCCCNC(C)C(=O)OC(C)(C)C. The largest absolute Gasteiger partial charge is 0.459 e. The second kappa shape index (κ2) is 6.02. The number of esters is 1. The molecule has 14 heavy (non-hydrogen) atoms. The van der Waals surface area contributed by atoms with Crippen molar-refractivity contribution in [1.29, 1.82) is 0 Å². The van der Waals surface area contributed by atoms with Crippen LogP contribution < -0.4 is 5.32 Å². The third-order valence-electron chi connectivity index (χ3n) is 1.74. The number of hydrogen-bond donors (Lipinski definition) is 1.